The Balaban J connectivity index is 1.84. The summed E-state index contributed by atoms with van der Waals surface area (Å²) >= 11 is 6.17. The Bertz CT molecular complexity index is 1000. The number of Topliss-reactive ketones (excluding diaryl/α,β-unsaturated/α-hetero) is 1. The lowest BCUT2D eigenvalue weighted by atomic mass is 9.95. The summed E-state index contributed by atoms with van der Waals surface area (Å²) in [4.78, 5) is 39.7. The van der Waals surface area contributed by atoms with E-state index in [1.165, 1.54) is 11.9 Å². The van der Waals surface area contributed by atoms with E-state index in [1.54, 1.807) is 37.3 Å². The number of para-hydroxylation sites is 1. The van der Waals surface area contributed by atoms with Crippen molar-refractivity contribution in [3.05, 3.63) is 59.1 Å². The second kappa shape index (κ2) is 6.32. The van der Waals surface area contributed by atoms with Crippen LogP contribution in [0.2, 0.25) is 5.02 Å². The lowest BCUT2D eigenvalue weighted by molar-refractivity contribution is -0.122. The van der Waals surface area contributed by atoms with Gasteiger partial charge in [-0.25, -0.2) is 4.90 Å². The Morgan fingerprint density at radius 3 is 2.41 bits per heavy atom. The molecule has 0 unspecified atom stereocenters. The summed E-state index contributed by atoms with van der Waals surface area (Å²) in [7, 11) is 0. The molecule has 0 aliphatic carbocycles. The number of fused-ring (bicyclic) bond motifs is 1. The highest BCUT2D eigenvalue weighted by Gasteiger charge is 2.58. The average Bonchev–Trinajstić information content (AvgIpc) is 3.16. The first-order valence-electron chi connectivity index (χ1n) is 8.48. The zero-order chi connectivity index (χ0) is 19.3. The quantitative estimate of drug-likeness (QED) is 0.766. The van der Waals surface area contributed by atoms with Gasteiger partial charge in [0.25, 0.3) is 5.91 Å². The molecule has 2 amide bonds. The number of anilines is 2. The van der Waals surface area contributed by atoms with Gasteiger partial charge in [-0.15, -0.1) is 0 Å². The van der Waals surface area contributed by atoms with Crippen molar-refractivity contribution in [1.82, 2.24) is 0 Å². The minimum absolute atomic E-state index is 0.101. The molecule has 2 heterocycles. The van der Waals surface area contributed by atoms with E-state index in [1.807, 2.05) is 18.2 Å². The first-order valence-corrected chi connectivity index (χ1v) is 8.86. The van der Waals surface area contributed by atoms with Gasteiger partial charge in [-0.2, -0.15) is 5.10 Å². The molecule has 0 saturated carbocycles. The van der Waals surface area contributed by atoms with Crippen LogP contribution in [-0.2, 0) is 14.4 Å². The van der Waals surface area contributed by atoms with Gasteiger partial charge in [0.2, 0.25) is 5.91 Å². The highest BCUT2D eigenvalue weighted by molar-refractivity contribution is 6.49. The summed E-state index contributed by atoms with van der Waals surface area (Å²) in [6.45, 7) is 3.11. The fraction of sp³-hybridized carbons (Fsp3) is 0.200. The summed E-state index contributed by atoms with van der Waals surface area (Å²) in [5, 5.41) is 6.25. The minimum atomic E-state index is -0.923. The first kappa shape index (κ1) is 17.4. The molecule has 0 spiro atoms. The number of ketones is 1. The molecule has 27 heavy (non-hydrogen) atoms. The summed E-state index contributed by atoms with van der Waals surface area (Å²) in [6.07, 6.45) is 0. The second-order valence-electron chi connectivity index (χ2n) is 6.54. The monoisotopic (exact) mass is 381 g/mol. The van der Waals surface area contributed by atoms with Crippen molar-refractivity contribution in [3.63, 3.8) is 0 Å². The molecule has 1 fully saturated rings. The Morgan fingerprint density at radius 1 is 1.04 bits per heavy atom. The van der Waals surface area contributed by atoms with Crippen LogP contribution < -0.4 is 9.91 Å². The molecule has 2 aliphatic heterocycles. The molecule has 2 aromatic carbocycles. The third kappa shape index (κ3) is 2.56. The van der Waals surface area contributed by atoms with E-state index in [0.717, 1.165) is 4.90 Å². The van der Waals surface area contributed by atoms with Crippen molar-refractivity contribution in [3.8, 4) is 0 Å². The maximum Gasteiger partial charge on any atom is 0.259 e. The Hall–Kier alpha value is -2.99. The van der Waals surface area contributed by atoms with Crippen LogP contribution in [-0.4, -0.2) is 29.4 Å². The van der Waals surface area contributed by atoms with Gasteiger partial charge in [-0.1, -0.05) is 35.9 Å². The van der Waals surface area contributed by atoms with E-state index in [4.69, 9.17) is 11.6 Å². The summed E-state index contributed by atoms with van der Waals surface area (Å²) in [5.41, 5.74) is 1.81. The van der Waals surface area contributed by atoms with Gasteiger partial charge in [0, 0.05) is 11.9 Å². The number of benzene rings is 2. The summed E-state index contributed by atoms with van der Waals surface area (Å²) in [6, 6.07) is 13.2. The van der Waals surface area contributed by atoms with E-state index in [9.17, 15) is 14.4 Å². The van der Waals surface area contributed by atoms with E-state index < -0.39 is 23.8 Å². The molecule has 0 N–H and O–H groups in total. The van der Waals surface area contributed by atoms with Gasteiger partial charge in [-0.3, -0.25) is 19.4 Å². The van der Waals surface area contributed by atoms with Gasteiger partial charge >= 0.3 is 0 Å². The molecule has 136 valence electrons. The lowest BCUT2D eigenvalue weighted by Gasteiger charge is -2.23. The van der Waals surface area contributed by atoms with Gasteiger partial charge < -0.3 is 0 Å². The maximum atomic E-state index is 13.2. The third-order valence-electron chi connectivity index (χ3n) is 4.91. The van der Waals surface area contributed by atoms with Gasteiger partial charge in [0.1, 0.15) is 17.7 Å². The van der Waals surface area contributed by atoms with Crippen molar-refractivity contribution in [2.45, 2.75) is 19.9 Å². The van der Waals surface area contributed by atoms with Crippen LogP contribution in [0.25, 0.3) is 0 Å². The molecule has 4 rings (SSSR count). The highest BCUT2D eigenvalue weighted by Crippen LogP contribution is 2.39. The Kier molecular flexibility index (Phi) is 4.08. The van der Waals surface area contributed by atoms with Crippen LogP contribution >= 0.6 is 11.6 Å². The topological polar surface area (TPSA) is 70.1 Å². The molecule has 0 radical (unpaired) electrons. The van der Waals surface area contributed by atoms with Crippen molar-refractivity contribution in [2.24, 2.45) is 11.0 Å². The van der Waals surface area contributed by atoms with Gasteiger partial charge in [0.05, 0.1) is 11.4 Å². The largest absolute Gasteiger partial charge is 0.293 e. The first-order chi connectivity index (χ1) is 12.9. The normalized spacial score (nSPS) is 21.5. The Morgan fingerprint density at radius 2 is 1.74 bits per heavy atom. The number of hydrogen-bond donors (Lipinski definition) is 0. The second-order valence-corrected chi connectivity index (χ2v) is 6.95. The van der Waals surface area contributed by atoms with E-state index in [-0.39, 0.29) is 11.5 Å². The van der Waals surface area contributed by atoms with E-state index >= 15 is 0 Å². The molecule has 0 bridgehead atoms. The minimum Gasteiger partial charge on any atom is -0.293 e. The molecule has 1 saturated heterocycles. The van der Waals surface area contributed by atoms with Crippen LogP contribution in [0, 0.1) is 12.8 Å². The summed E-state index contributed by atoms with van der Waals surface area (Å²) in [5.74, 6) is -2.12. The predicted octanol–water partition coefficient (Wildman–Crippen LogP) is 2.97. The molecule has 2 aliphatic rings. The van der Waals surface area contributed by atoms with Crippen LogP contribution in [0.4, 0.5) is 11.4 Å². The SMILES string of the molecule is CC(=O)C1=NN(c2ccccc2)[C@@H]2C(=O)N(c3cccc(Cl)c3C)C(=O)[C@H]12. The fourth-order valence-corrected chi connectivity index (χ4v) is 3.74. The number of imide groups is 1. The predicted molar refractivity (Wildman–Crippen MR) is 103 cm³/mol. The highest BCUT2D eigenvalue weighted by atomic mass is 35.5. The smallest absolute Gasteiger partial charge is 0.259 e. The number of halogens is 1. The molecule has 2 atom stereocenters. The number of nitrogens with zero attached hydrogens (tertiary/aromatic N) is 3. The molecular formula is C20H16ClN3O3. The molecule has 2 aromatic rings. The van der Waals surface area contributed by atoms with E-state index in [2.05, 4.69) is 5.10 Å². The zero-order valence-corrected chi connectivity index (χ0v) is 15.5. The average molecular weight is 382 g/mol. The molecule has 7 heteroatoms. The van der Waals surface area contributed by atoms with Crippen LogP contribution in [0.5, 0.6) is 0 Å². The number of amides is 2. The van der Waals surface area contributed by atoms with Crippen molar-refractivity contribution in [2.75, 3.05) is 9.91 Å². The Labute approximate surface area is 161 Å². The molecule has 0 aromatic heterocycles. The van der Waals surface area contributed by atoms with Crippen molar-refractivity contribution in [1.29, 1.82) is 0 Å². The third-order valence-corrected chi connectivity index (χ3v) is 5.32. The number of hydrogen-bond acceptors (Lipinski definition) is 5. The molecular weight excluding hydrogens is 366 g/mol. The number of rotatable bonds is 3. The van der Waals surface area contributed by atoms with Gasteiger partial charge in [-0.05, 0) is 36.8 Å². The summed E-state index contributed by atoms with van der Waals surface area (Å²) < 4.78 is 0. The van der Waals surface area contributed by atoms with Crippen LogP contribution in [0.15, 0.2) is 53.6 Å². The van der Waals surface area contributed by atoms with Crippen LogP contribution in [0.1, 0.15) is 12.5 Å². The zero-order valence-electron chi connectivity index (χ0n) is 14.7. The fourth-order valence-electron chi connectivity index (χ4n) is 3.57. The lowest BCUT2D eigenvalue weighted by Crippen LogP contribution is -2.39. The molecule has 6 nitrogen and oxygen atoms in total. The van der Waals surface area contributed by atoms with Crippen molar-refractivity contribution >= 4 is 46.3 Å². The standard InChI is InChI=1S/C20H16ClN3O3/c1-11-14(21)9-6-10-15(11)23-19(26)16-17(12(2)25)22-24(18(16)20(23)27)13-7-4-3-5-8-13/h3-10,16,18H,1-2H3/t16-,18+/m1/s1. The van der Waals surface area contributed by atoms with Gasteiger partial charge in [0.15, 0.2) is 5.78 Å². The number of hydrazone groups is 1. The van der Waals surface area contributed by atoms with Crippen LogP contribution in [0.3, 0.4) is 0 Å². The maximum absolute atomic E-state index is 13.2. The number of carbonyl (C=O) groups excluding carboxylic acids is 3. The van der Waals surface area contributed by atoms with E-state index in [0.29, 0.717) is 22.0 Å². The van der Waals surface area contributed by atoms with Crippen molar-refractivity contribution < 1.29 is 14.4 Å². The number of carbonyl (C=O) groups is 3.